The molecule has 0 aliphatic carbocycles. The normalized spacial score (nSPS) is 10.4. The Kier molecular flexibility index (Phi) is 7.94. The third-order valence-corrected chi connectivity index (χ3v) is 5.32. The maximum atomic E-state index is 12.7. The van der Waals surface area contributed by atoms with E-state index in [4.69, 9.17) is 4.74 Å². The van der Waals surface area contributed by atoms with E-state index in [0.29, 0.717) is 23.1 Å². The Morgan fingerprint density at radius 3 is 2.48 bits per heavy atom. The number of benzene rings is 2. The van der Waals surface area contributed by atoms with Crippen molar-refractivity contribution >= 4 is 34.1 Å². The fourth-order valence-corrected chi connectivity index (χ4v) is 3.68. The zero-order chi connectivity index (χ0) is 22.1. The van der Waals surface area contributed by atoms with Crippen molar-refractivity contribution in [2.45, 2.75) is 19.8 Å². The fraction of sp³-hybridized carbons (Fsp3) is 0.273. The quantitative estimate of drug-likeness (QED) is 0.512. The summed E-state index contributed by atoms with van der Waals surface area (Å²) in [7, 11) is 1.55. The number of methoxy groups -OCH3 is 1. The van der Waals surface area contributed by atoms with Crippen molar-refractivity contribution < 1.29 is 14.3 Å². The van der Waals surface area contributed by atoms with Crippen LogP contribution in [0.2, 0.25) is 0 Å². The zero-order valence-corrected chi connectivity index (χ0v) is 18.3. The summed E-state index contributed by atoms with van der Waals surface area (Å²) in [6.07, 6.45) is 0.928. The first kappa shape index (κ1) is 22.2. The van der Waals surface area contributed by atoms with Gasteiger partial charge in [-0.25, -0.2) is 4.79 Å². The van der Waals surface area contributed by atoms with Gasteiger partial charge in [0, 0.05) is 25.1 Å². The number of ether oxygens (including phenoxy) is 1. The van der Waals surface area contributed by atoms with Gasteiger partial charge in [0.1, 0.15) is 10.8 Å². The van der Waals surface area contributed by atoms with Crippen LogP contribution in [0.25, 0.3) is 10.6 Å². The standard InChI is InChI=1S/C22H25N5O3S/c1-3-14-27(22(29)23-17-11-7-8-12-18(17)30-2)15-13-19(28)24-21-26-25-20(31-21)16-9-5-4-6-10-16/h4-12H,3,13-15H2,1-2H3,(H,23,29)(H,24,26,28). The molecule has 2 aromatic carbocycles. The molecule has 9 heteroatoms. The highest BCUT2D eigenvalue weighted by atomic mass is 32.1. The highest BCUT2D eigenvalue weighted by Crippen LogP contribution is 2.26. The van der Waals surface area contributed by atoms with E-state index >= 15 is 0 Å². The van der Waals surface area contributed by atoms with Crippen LogP contribution in [0, 0.1) is 0 Å². The third-order valence-electron chi connectivity index (χ3n) is 4.43. The largest absolute Gasteiger partial charge is 0.495 e. The van der Waals surface area contributed by atoms with Gasteiger partial charge in [-0.2, -0.15) is 0 Å². The van der Waals surface area contributed by atoms with Gasteiger partial charge in [-0.05, 0) is 18.6 Å². The van der Waals surface area contributed by atoms with Crippen molar-refractivity contribution in [3.05, 3.63) is 54.6 Å². The summed E-state index contributed by atoms with van der Waals surface area (Å²) >= 11 is 1.31. The number of rotatable bonds is 9. The highest BCUT2D eigenvalue weighted by molar-refractivity contribution is 7.18. The molecular weight excluding hydrogens is 414 g/mol. The summed E-state index contributed by atoms with van der Waals surface area (Å²) in [5, 5.41) is 14.9. The van der Waals surface area contributed by atoms with Gasteiger partial charge < -0.3 is 20.3 Å². The molecule has 3 aromatic rings. The summed E-state index contributed by atoms with van der Waals surface area (Å²) in [4.78, 5) is 26.7. The van der Waals surface area contributed by atoms with Gasteiger partial charge in [-0.3, -0.25) is 4.79 Å². The lowest BCUT2D eigenvalue weighted by atomic mass is 10.2. The van der Waals surface area contributed by atoms with Crippen molar-refractivity contribution in [1.29, 1.82) is 0 Å². The number of hydrogen-bond donors (Lipinski definition) is 2. The van der Waals surface area contributed by atoms with Crippen molar-refractivity contribution in [2.75, 3.05) is 30.8 Å². The molecule has 1 heterocycles. The zero-order valence-electron chi connectivity index (χ0n) is 17.5. The molecule has 0 aliphatic heterocycles. The molecule has 0 aliphatic rings. The second-order valence-electron chi connectivity index (χ2n) is 6.69. The van der Waals surface area contributed by atoms with E-state index in [0.717, 1.165) is 17.0 Å². The first-order chi connectivity index (χ1) is 15.1. The van der Waals surface area contributed by atoms with Gasteiger partial charge in [0.2, 0.25) is 11.0 Å². The molecule has 0 saturated carbocycles. The first-order valence-corrected chi connectivity index (χ1v) is 10.8. The van der Waals surface area contributed by atoms with Crippen molar-refractivity contribution in [3.63, 3.8) is 0 Å². The molecule has 31 heavy (non-hydrogen) atoms. The molecule has 0 atom stereocenters. The summed E-state index contributed by atoms with van der Waals surface area (Å²) in [6.45, 7) is 2.80. The Morgan fingerprint density at radius 2 is 1.74 bits per heavy atom. The molecule has 1 aromatic heterocycles. The first-order valence-electron chi connectivity index (χ1n) is 9.98. The van der Waals surface area contributed by atoms with Gasteiger partial charge >= 0.3 is 6.03 Å². The number of urea groups is 1. The van der Waals surface area contributed by atoms with Crippen LogP contribution in [0.4, 0.5) is 15.6 Å². The van der Waals surface area contributed by atoms with Gasteiger partial charge in [0.05, 0.1) is 12.8 Å². The van der Waals surface area contributed by atoms with Crippen LogP contribution in [0.5, 0.6) is 5.75 Å². The molecule has 2 N–H and O–H groups in total. The lowest BCUT2D eigenvalue weighted by Gasteiger charge is -2.22. The number of carbonyl (C=O) groups excluding carboxylic acids is 2. The number of amides is 3. The van der Waals surface area contributed by atoms with Crippen LogP contribution in [0.3, 0.4) is 0 Å². The van der Waals surface area contributed by atoms with Crippen LogP contribution >= 0.6 is 11.3 Å². The minimum atomic E-state index is -0.276. The fourth-order valence-electron chi connectivity index (χ4n) is 2.92. The molecule has 3 rings (SSSR count). The van der Waals surface area contributed by atoms with Crippen molar-refractivity contribution in [2.24, 2.45) is 0 Å². The lowest BCUT2D eigenvalue weighted by molar-refractivity contribution is -0.116. The Balaban J connectivity index is 1.55. The predicted octanol–water partition coefficient (Wildman–Crippen LogP) is 4.49. The predicted molar refractivity (Wildman–Crippen MR) is 122 cm³/mol. The second-order valence-corrected chi connectivity index (χ2v) is 7.67. The maximum Gasteiger partial charge on any atom is 0.321 e. The van der Waals surface area contributed by atoms with E-state index in [1.165, 1.54) is 11.3 Å². The maximum absolute atomic E-state index is 12.7. The smallest absolute Gasteiger partial charge is 0.321 e. The van der Waals surface area contributed by atoms with Gasteiger partial charge in [-0.1, -0.05) is 60.7 Å². The molecule has 8 nitrogen and oxygen atoms in total. The van der Waals surface area contributed by atoms with Crippen molar-refractivity contribution in [1.82, 2.24) is 15.1 Å². The number of nitrogens with zero attached hydrogens (tertiary/aromatic N) is 3. The van der Waals surface area contributed by atoms with Crippen LogP contribution < -0.4 is 15.4 Å². The molecule has 0 radical (unpaired) electrons. The van der Waals surface area contributed by atoms with Gasteiger partial charge in [0.15, 0.2) is 0 Å². The molecule has 0 fully saturated rings. The van der Waals surface area contributed by atoms with E-state index in [-0.39, 0.29) is 24.9 Å². The minimum absolute atomic E-state index is 0.152. The molecule has 162 valence electrons. The van der Waals surface area contributed by atoms with E-state index in [2.05, 4.69) is 20.8 Å². The molecular formula is C22H25N5O3S. The van der Waals surface area contributed by atoms with Crippen LogP contribution in [-0.2, 0) is 4.79 Å². The van der Waals surface area contributed by atoms with E-state index in [1.807, 2.05) is 49.4 Å². The summed E-state index contributed by atoms with van der Waals surface area (Å²) in [6, 6.07) is 16.6. The Hall–Kier alpha value is -3.46. The minimum Gasteiger partial charge on any atom is -0.495 e. The molecule has 3 amide bonds. The molecule has 0 bridgehead atoms. The van der Waals surface area contributed by atoms with Crippen molar-refractivity contribution in [3.8, 4) is 16.3 Å². The lowest BCUT2D eigenvalue weighted by Crippen LogP contribution is -2.37. The molecule has 0 saturated heterocycles. The Morgan fingerprint density at radius 1 is 1.00 bits per heavy atom. The number of carbonyl (C=O) groups is 2. The average Bonchev–Trinajstić information content (AvgIpc) is 3.26. The number of para-hydroxylation sites is 2. The number of nitrogens with one attached hydrogen (secondary N) is 2. The van der Waals surface area contributed by atoms with Crippen LogP contribution in [-0.4, -0.2) is 47.2 Å². The summed E-state index contributed by atoms with van der Waals surface area (Å²) in [5.41, 5.74) is 1.53. The summed E-state index contributed by atoms with van der Waals surface area (Å²) < 4.78 is 5.28. The highest BCUT2D eigenvalue weighted by Gasteiger charge is 2.17. The second kappa shape index (κ2) is 11.1. The Labute approximate surface area is 185 Å². The molecule has 0 spiro atoms. The van der Waals surface area contributed by atoms with E-state index < -0.39 is 0 Å². The SMILES string of the molecule is CCCN(CCC(=O)Nc1nnc(-c2ccccc2)s1)C(=O)Nc1ccccc1OC. The monoisotopic (exact) mass is 439 g/mol. The number of aromatic nitrogens is 2. The number of anilines is 2. The summed E-state index contributed by atoms with van der Waals surface area (Å²) in [5.74, 6) is 0.359. The van der Waals surface area contributed by atoms with E-state index in [9.17, 15) is 9.59 Å². The van der Waals surface area contributed by atoms with Crippen LogP contribution in [0.1, 0.15) is 19.8 Å². The Bertz CT molecular complexity index is 1010. The third kappa shape index (κ3) is 6.26. The molecule has 0 unspecified atom stereocenters. The van der Waals surface area contributed by atoms with Gasteiger partial charge in [-0.15, -0.1) is 10.2 Å². The van der Waals surface area contributed by atoms with Crippen LogP contribution in [0.15, 0.2) is 54.6 Å². The number of hydrogen-bond acceptors (Lipinski definition) is 6. The van der Waals surface area contributed by atoms with E-state index in [1.54, 1.807) is 24.1 Å². The topological polar surface area (TPSA) is 96.5 Å². The van der Waals surface area contributed by atoms with Gasteiger partial charge in [0.25, 0.3) is 0 Å². The average molecular weight is 440 g/mol.